The van der Waals surface area contributed by atoms with Crippen molar-refractivity contribution in [2.45, 2.75) is 40.5 Å². The molecule has 0 aromatic heterocycles. The molecule has 0 saturated carbocycles. The van der Waals surface area contributed by atoms with Crippen molar-refractivity contribution >= 4 is 33.6 Å². The van der Waals surface area contributed by atoms with E-state index in [1.807, 2.05) is 6.92 Å². The second-order valence-corrected chi connectivity index (χ2v) is 8.51. The molecular weight excluding hydrogens is 444 g/mol. The summed E-state index contributed by atoms with van der Waals surface area (Å²) in [7, 11) is 0. The van der Waals surface area contributed by atoms with E-state index in [0.29, 0.717) is 15.7 Å². The van der Waals surface area contributed by atoms with Gasteiger partial charge in [0.15, 0.2) is 0 Å². The number of nitrogens with zero attached hydrogens (tertiary/aromatic N) is 1. The van der Waals surface area contributed by atoms with Crippen molar-refractivity contribution < 1.29 is 24.0 Å². The summed E-state index contributed by atoms with van der Waals surface area (Å²) in [6, 6.07) is 6.08. The Labute approximate surface area is 177 Å². The zero-order valence-corrected chi connectivity index (χ0v) is 18.5. The third-order valence-electron chi connectivity index (χ3n) is 4.31. The van der Waals surface area contributed by atoms with Gasteiger partial charge in [0.25, 0.3) is 5.69 Å². The van der Waals surface area contributed by atoms with E-state index >= 15 is 0 Å². The molecule has 0 saturated heterocycles. The topological polar surface area (TPSA) is 108 Å². The minimum absolute atomic E-state index is 0.0801. The van der Waals surface area contributed by atoms with Crippen LogP contribution in [0, 0.1) is 15.5 Å². The molecular formula is C20H23BrN2O6. The van der Waals surface area contributed by atoms with Gasteiger partial charge in [-0.15, -0.1) is 0 Å². The third-order valence-corrected chi connectivity index (χ3v) is 5.36. The Balaban J connectivity index is 2.31. The standard InChI is InChI=1S/C20H23BrN2O6/c1-11-15(18(24)28-10-29-19(25)20(3,4)5)16(17(21)12(2)22-11)13-7-6-8-14(9-13)23(26)27/h6-9,16,22H,10H2,1-5H3/t16-/m1/s1. The number of ether oxygens (including phenoxy) is 2. The monoisotopic (exact) mass is 466 g/mol. The van der Waals surface area contributed by atoms with Crippen LogP contribution in [0.25, 0.3) is 0 Å². The normalized spacial score (nSPS) is 17.0. The Morgan fingerprint density at radius 3 is 2.45 bits per heavy atom. The molecule has 29 heavy (non-hydrogen) atoms. The second-order valence-electron chi connectivity index (χ2n) is 7.65. The lowest BCUT2D eigenvalue weighted by atomic mass is 9.86. The van der Waals surface area contributed by atoms with Gasteiger partial charge in [0.1, 0.15) is 0 Å². The maximum Gasteiger partial charge on any atom is 0.339 e. The summed E-state index contributed by atoms with van der Waals surface area (Å²) in [5.74, 6) is -1.77. The van der Waals surface area contributed by atoms with Crippen molar-refractivity contribution in [2.24, 2.45) is 5.41 Å². The zero-order chi connectivity index (χ0) is 21.9. The van der Waals surface area contributed by atoms with Gasteiger partial charge >= 0.3 is 11.9 Å². The Hall–Kier alpha value is -2.68. The number of carbonyl (C=O) groups is 2. The van der Waals surface area contributed by atoms with Crippen molar-refractivity contribution in [1.82, 2.24) is 5.32 Å². The maximum absolute atomic E-state index is 12.8. The van der Waals surface area contributed by atoms with Crippen LogP contribution in [-0.4, -0.2) is 23.7 Å². The summed E-state index contributed by atoms with van der Waals surface area (Å²) >= 11 is 3.49. The minimum Gasteiger partial charge on any atom is -0.427 e. The third kappa shape index (κ3) is 5.23. The number of nitro benzene ring substituents is 1. The summed E-state index contributed by atoms with van der Waals surface area (Å²) < 4.78 is 10.8. The van der Waals surface area contributed by atoms with Crippen molar-refractivity contribution in [1.29, 1.82) is 0 Å². The number of rotatable bonds is 5. The van der Waals surface area contributed by atoms with Crippen LogP contribution in [0.4, 0.5) is 5.69 Å². The molecule has 0 amide bonds. The summed E-state index contributed by atoms with van der Waals surface area (Å²) in [5.41, 5.74) is 1.36. The largest absolute Gasteiger partial charge is 0.427 e. The first-order chi connectivity index (χ1) is 13.4. The smallest absolute Gasteiger partial charge is 0.339 e. The van der Waals surface area contributed by atoms with Crippen LogP contribution in [0.1, 0.15) is 46.1 Å². The van der Waals surface area contributed by atoms with Crippen LogP contribution < -0.4 is 5.32 Å². The predicted octanol–water partition coefficient (Wildman–Crippen LogP) is 4.27. The van der Waals surface area contributed by atoms with Crippen LogP contribution in [0.15, 0.2) is 45.7 Å². The Morgan fingerprint density at radius 2 is 1.86 bits per heavy atom. The zero-order valence-electron chi connectivity index (χ0n) is 16.9. The molecule has 1 aromatic carbocycles. The van der Waals surface area contributed by atoms with Crippen LogP contribution in [0.3, 0.4) is 0 Å². The number of non-ortho nitro benzene ring substituents is 1. The molecule has 1 aliphatic rings. The van der Waals surface area contributed by atoms with Crippen molar-refractivity contribution in [3.05, 3.63) is 61.4 Å². The molecule has 1 aliphatic heterocycles. The highest BCUT2D eigenvalue weighted by Gasteiger charge is 2.34. The van der Waals surface area contributed by atoms with E-state index in [0.717, 1.165) is 5.70 Å². The average Bonchev–Trinajstić information content (AvgIpc) is 2.63. The highest BCUT2D eigenvalue weighted by atomic mass is 79.9. The van der Waals surface area contributed by atoms with Gasteiger partial charge in [-0.05, 0) is 40.2 Å². The van der Waals surface area contributed by atoms with E-state index in [4.69, 9.17) is 9.47 Å². The molecule has 8 nitrogen and oxygen atoms in total. The van der Waals surface area contributed by atoms with Gasteiger partial charge in [-0.1, -0.05) is 28.1 Å². The van der Waals surface area contributed by atoms with E-state index in [1.54, 1.807) is 39.8 Å². The number of hydrogen-bond donors (Lipinski definition) is 1. The molecule has 0 spiro atoms. The molecule has 0 aliphatic carbocycles. The Bertz CT molecular complexity index is 914. The number of nitrogens with one attached hydrogen (secondary N) is 1. The van der Waals surface area contributed by atoms with Gasteiger partial charge in [-0.2, -0.15) is 0 Å². The lowest BCUT2D eigenvalue weighted by Gasteiger charge is -2.29. The van der Waals surface area contributed by atoms with Crippen LogP contribution in [0.5, 0.6) is 0 Å². The number of benzene rings is 1. The average molecular weight is 467 g/mol. The second kappa shape index (κ2) is 8.77. The predicted molar refractivity (Wildman–Crippen MR) is 110 cm³/mol. The number of hydrogen-bond acceptors (Lipinski definition) is 7. The summed E-state index contributed by atoms with van der Waals surface area (Å²) in [6.07, 6.45) is 0. The summed E-state index contributed by atoms with van der Waals surface area (Å²) in [6.45, 7) is 8.09. The highest BCUT2D eigenvalue weighted by Crippen LogP contribution is 2.42. The van der Waals surface area contributed by atoms with Gasteiger partial charge < -0.3 is 14.8 Å². The molecule has 0 radical (unpaired) electrons. The number of allylic oxidation sites excluding steroid dienone is 3. The lowest BCUT2D eigenvalue weighted by Crippen LogP contribution is -2.29. The number of carbonyl (C=O) groups excluding carboxylic acids is 2. The molecule has 1 atom stereocenters. The summed E-state index contributed by atoms with van der Waals surface area (Å²) in [4.78, 5) is 35.3. The number of halogens is 1. The summed E-state index contributed by atoms with van der Waals surface area (Å²) in [5, 5.41) is 14.3. The van der Waals surface area contributed by atoms with Crippen LogP contribution >= 0.6 is 15.9 Å². The van der Waals surface area contributed by atoms with Crippen molar-refractivity contribution in [2.75, 3.05) is 6.79 Å². The molecule has 0 unspecified atom stereocenters. The first-order valence-corrected chi connectivity index (χ1v) is 9.65. The van der Waals surface area contributed by atoms with Gasteiger partial charge in [-0.25, -0.2) is 4.79 Å². The van der Waals surface area contributed by atoms with E-state index in [1.165, 1.54) is 12.1 Å². The van der Waals surface area contributed by atoms with E-state index in [9.17, 15) is 19.7 Å². The SMILES string of the molecule is CC1=C(Br)[C@H](c2cccc([N+](=O)[O-])c2)C(C(=O)OCOC(=O)C(C)(C)C)=C(C)N1. The molecule has 1 aromatic rings. The van der Waals surface area contributed by atoms with Gasteiger partial charge in [0, 0.05) is 28.0 Å². The number of esters is 2. The maximum atomic E-state index is 12.8. The first-order valence-electron chi connectivity index (χ1n) is 8.86. The highest BCUT2D eigenvalue weighted by molar-refractivity contribution is 9.11. The lowest BCUT2D eigenvalue weighted by molar-refractivity contribution is -0.384. The van der Waals surface area contributed by atoms with Crippen molar-refractivity contribution in [3.63, 3.8) is 0 Å². The van der Waals surface area contributed by atoms with Crippen LogP contribution in [-0.2, 0) is 19.1 Å². The molecule has 0 fully saturated rings. The molecule has 2 rings (SSSR count). The molecule has 1 N–H and O–H groups in total. The van der Waals surface area contributed by atoms with Gasteiger partial charge in [0.05, 0.1) is 21.8 Å². The van der Waals surface area contributed by atoms with Crippen LogP contribution in [0.2, 0.25) is 0 Å². The molecule has 0 bridgehead atoms. The number of nitro groups is 1. The fraction of sp³-hybridized carbons (Fsp3) is 0.400. The molecule has 156 valence electrons. The minimum atomic E-state index is -0.720. The van der Waals surface area contributed by atoms with E-state index in [-0.39, 0.29) is 11.3 Å². The van der Waals surface area contributed by atoms with E-state index in [2.05, 4.69) is 21.2 Å². The van der Waals surface area contributed by atoms with Gasteiger partial charge in [0.2, 0.25) is 6.79 Å². The fourth-order valence-electron chi connectivity index (χ4n) is 2.80. The van der Waals surface area contributed by atoms with E-state index < -0.39 is 35.0 Å². The Morgan fingerprint density at radius 1 is 1.21 bits per heavy atom. The fourth-order valence-corrected chi connectivity index (χ4v) is 3.39. The number of dihydropyridines is 1. The van der Waals surface area contributed by atoms with Crippen molar-refractivity contribution in [3.8, 4) is 0 Å². The van der Waals surface area contributed by atoms with Gasteiger partial charge in [-0.3, -0.25) is 14.9 Å². The quantitative estimate of drug-likeness (QED) is 0.298. The molecule has 9 heteroatoms. The molecule has 1 heterocycles. The first kappa shape index (κ1) is 22.6. The Kier molecular flexibility index (Phi) is 6.84.